The molecular formula is C22H27N3O3. The average Bonchev–Trinajstić information content (AvgIpc) is 3.07. The number of carbonyl (C=O) groups is 2. The van der Waals surface area contributed by atoms with Gasteiger partial charge in [0.1, 0.15) is 12.3 Å². The van der Waals surface area contributed by atoms with Crippen LogP contribution in [-0.4, -0.2) is 49.6 Å². The number of urea groups is 1. The van der Waals surface area contributed by atoms with Crippen molar-refractivity contribution in [3.63, 3.8) is 0 Å². The van der Waals surface area contributed by atoms with E-state index in [2.05, 4.69) is 17.4 Å². The molecule has 1 aliphatic rings. The van der Waals surface area contributed by atoms with Crippen molar-refractivity contribution in [1.29, 1.82) is 0 Å². The Hall–Kier alpha value is -3.02. The predicted octanol–water partition coefficient (Wildman–Crippen LogP) is 3.08. The molecule has 6 nitrogen and oxygen atoms in total. The molecule has 1 saturated heterocycles. The van der Waals surface area contributed by atoms with Crippen LogP contribution in [0.15, 0.2) is 54.6 Å². The first kappa shape index (κ1) is 19.7. The quantitative estimate of drug-likeness (QED) is 0.679. The molecule has 1 fully saturated rings. The Kier molecular flexibility index (Phi) is 6.89. The lowest BCUT2D eigenvalue weighted by atomic mass is 10.1. The van der Waals surface area contributed by atoms with Crippen molar-refractivity contribution in [2.75, 3.05) is 37.7 Å². The third-order valence-corrected chi connectivity index (χ3v) is 4.70. The van der Waals surface area contributed by atoms with Gasteiger partial charge in [-0.3, -0.25) is 9.69 Å². The zero-order valence-corrected chi connectivity index (χ0v) is 16.3. The maximum absolute atomic E-state index is 12.6. The molecule has 0 aromatic heterocycles. The van der Waals surface area contributed by atoms with E-state index in [0.717, 1.165) is 24.3 Å². The molecule has 28 heavy (non-hydrogen) atoms. The Bertz CT molecular complexity index is 777. The molecule has 0 saturated carbocycles. The number of carbonyl (C=O) groups excluding carboxylic acids is 2. The number of anilines is 1. The highest BCUT2D eigenvalue weighted by atomic mass is 16.5. The summed E-state index contributed by atoms with van der Waals surface area (Å²) in [6.45, 7) is 4.37. The molecular weight excluding hydrogens is 354 g/mol. The summed E-state index contributed by atoms with van der Waals surface area (Å²) in [4.78, 5) is 28.1. The topological polar surface area (TPSA) is 61.9 Å². The van der Waals surface area contributed by atoms with Gasteiger partial charge in [-0.25, -0.2) is 4.79 Å². The fourth-order valence-corrected chi connectivity index (χ4v) is 3.25. The van der Waals surface area contributed by atoms with Crippen LogP contribution in [0.1, 0.15) is 18.9 Å². The van der Waals surface area contributed by atoms with Gasteiger partial charge in [0.05, 0.1) is 6.61 Å². The van der Waals surface area contributed by atoms with Crippen molar-refractivity contribution in [3.05, 3.63) is 60.2 Å². The zero-order chi connectivity index (χ0) is 19.8. The van der Waals surface area contributed by atoms with Crippen LogP contribution in [0.25, 0.3) is 0 Å². The number of hydrogen-bond acceptors (Lipinski definition) is 3. The smallest absolute Gasteiger partial charge is 0.325 e. The molecule has 2 aromatic carbocycles. The van der Waals surface area contributed by atoms with E-state index in [-0.39, 0.29) is 18.5 Å². The van der Waals surface area contributed by atoms with Crippen LogP contribution in [0.3, 0.4) is 0 Å². The number of ether oxygens (including phenoxy) is 1. The molecule has 0 atom stereocenters. The Morgan fingerprint density at radius 1 is 1.07 bits per heavy atom. The van der Waals surface area contributed by atoms with E-state index in [1.807, 2.05) is 49.4 Å². The molecule has 1 heterocycles. The van der Waals surface area contributed by atoms with Crippen molar-refractivity contribution < 1.29 is 14.3 Å². The predicted molar refractivity (Wildman–Crippen MR) is 110 cm³/mol. The van der Waals surface area contributed by atoms with Gasteiger partial charge in [-0.2, -0.15) is 0 Å². The summed E-state index contributed by atoms with van der Waals surface area (Å²) in [5.41, 5.74) is 2.08. The first-order valence-electron chi connectivity index (χ1n) is 9.77. The molecule has 1 aliphatic heterocycles. The van der Waals surface area contributed by atoms with Crippen LogP contribution in [0.5, 0.6) is 5.75 Å². The molecule has 1 N–H and O–H groups in total. The van der Waals surface area contributed by atoms with E-state index >= 15 is 0 Å². The van der Waals surface area contributed by atoms with E-state index in [1.165, 1.54) is 5.56 Å². The van der Waals surface area contributed by atoms with Gasteiger partial charge in [-0.15, -0.1) is 0 Å². The van der Waals surface area contributed by atoms with Crippen molar-refractivity contribution >= 4 is 17.6 Å². The van der Waals surface area contributed by atoms with Crippen LogP contribution in [0.2, 0.25) is 0 Å². The Balaban J connectivity index is 1.42. The lowest BCUT2D eigenvalue weighted by molar-refractivity contribution is -0.121. The molecule has 3 amide bonds. The van der Waals surface area contributed by atoms with Crippen molar-refractivity contribution in [2.45, 2.75) is 19.8 Å². The monoisotopic (exact) mass is 381 g/mol. The third-order valence-electron chi connectivity index (χ3n) is 4.70. The van der Waals surface area contributed by atoms with Gasteiger partial charge >= 0.3 is 6.03 Å². The van der Waals surface area contributed by atoms with E-state index in [4.69, 9.17) is 4.74 Å². The number of rotatable bonds is 9. The van der Waals surface area contributed by atoms with Crippen molar-refractivity contribution in [3.8, 4) is 5.75 Å². The van der Waals surface area contributed by atoms with E-state index in [9.17, 15) is 9.59 Å². The van der Waals surface area contributed by atoms with Gasteiger partial charge in [0.2, 0.25) is 5.91 Å². The molecule has 0 radical (unpaired) electrons. The second-order valence-corrected chi connectivity index (χ2v) is 6.72. The Morgan fingerprint density at radius 3 is 2.54 bits per heavy atom. The number of amides is 3. The molecule has 0 spiro atoms. The van der Waals surface area contributed by atoms with Gasteiger partial charge in [0, 0.05) is 25.3 Å². The highest BCUT2D eigenvalue weighted by molar-refractivity contribution is 5.96. The Labute approximate surface area is 166 Å². The maximum atomic E-state index is 12.6. The maximum Gasteiger partial charge on any atom is 0.325 e. The van der Waals surface area contributed by atoms with Gasteiger partial charge < -0.3 is 15.0 Å². The minimum Gasteiger partial charge on any atom is -0.494 e. The van der Waals surface area contributed by atoms with Crippen LogP contribution in [0, 0.1) is 0 Å². The minimum absolute atomic E-state index is 0.0949. The lowest BCUT2D eigenvalue weighted by Crippen LogP contribution is -2.40. The fourth-order valence-electron chi connectivity index (χ4n) is 3.25. The van der Waals surface area contributed by atoms with Crippen LogP contribution in [0.4, 0.5) is 10.5 Å². The number of nitrogens with one attached hydrogen (secondary N) is 1. The van der Waals surface area contributed by atoms with Gasteiger partial charge in [0.25, 0.3) is 0 Å². The largest absolute Gasteiger partial charge is 0.494 e. The highest BCUT2D eigenvalue weighted by Gasteiger charge is 2.30. The summed E-state index contributed by atoms with van der Waals surface area (Å²) in [5.74, 6) is 0.666. The molecule has 148 valence electrons. The fraction of sp³-hybridized carbons (Fsp3) is 0.364. The second kappa shape index (κ2) is 9.78. The number of hydrogen-bond donors (Lipinski definition) is 1. The molecule has 3 rings (SSSR count). The lowest BCUT2D eigenvalue weighted by Gasteiger charge is -2.18. The molecule has 6 heteroatoms. The summed E-state index contributed by atoms with van der Waals surface area (Å²) in [5, 5.41) is 2.91. The number of nitrogens with zero attached hydrogens (tertiary/aromatic N) is 2. The average molecular weight is 381 g/mol. The Morgan fingerprint density at radius 2 is 1.82 bits per heavy atom. The van der Waals surface area contributed by atoms with E-state index < -0.39 is 0 Å². The van der Waals surface area contributed by atoms with Crippen molar-refractivity contribution in [1.82, 2.24) is 10.2 Å². The summed E-state index contributed by atoms with van der Waals surface area (Å²) in [6.07, 6.45) is 1.80. The first-order valence-corrected chi connectivity index (χ1v) is 9.77. The number of aryl methyl sites for hydroxylation is 1. The van der Waals surface area contributed by atoms with Crippen molar-refractivity contribution in [2.24, 2.45) is 0 Å². The van der Waals surface area contributed by atoms with Crippen LogP contribution >= 0.6 is 0 Å². The highest BCUT2D eigenvalue weighted by Crippen LogP contribution is 2.23. The third kappa shape index (κ3) is 5.25. The first-order chi connectivity index (χ1) is 13.7. The molecule has 0 aliphatic carbocycles. The molecule has 2 aromatic rings. The van der Waals surface area contributed by atoms with Gasteiger partial charge in [-0.1, -0.05) is 30.3 Å². The SMILES string of the molecule is CCOc1ccc(N2CCN(CC(=O)NCCCc3ccccc3)C2=O)cc1. The summed E-state index contributed by atoms with van der Waals surface area (Å²) < 4.78 is 5.43. The summed E-state index contributed by atoms with van der Waals surface area (Å²) in [7, 11) is 0. The normalized spacial score (nSPS) is 13.7. The number of benzene rings is 2. The van der Waals surface area contributed by atoms with E-state index in [1.54, 1.807) is 9.80 Å². The molecule has 0 bridgehead atoms. The van der Waals surface area contributed by atoms with Gasteiger partial charge in [-0.05, 0) is 49.6 Å². The molecule has 0 unspecified atom stereocenters. The minimum atomic E-state index is -0.136. The van der Waals surface area contributed by atoms with Crippen LogP contribution in [-0.2, 0) is 11.2 Å². The van der Waals surface area contributed by atoms with E-state index in [0.29, 0.717) is 26.2 Å². The standard InChI is InChI=1S/C22H27N3O3/c1-2-28-20-12-10-19(11-13-20)25-16-15-24(22(25)27)17-21(26)23-14-6-9-18-7-4-3-5-8-18/h3-5,7-8,10-13H,2,6,9,14-17H2,1H3,(H,23,26). The van der Waals surface area contributed by atoms with Crippen LogP contribution < -0.4 is 15.0 Å². The zero-order valence-electron chi connectivity index (χ0n) is 16.3. The summed E-state index contributed by atoms with van der Waals surface area (Å²) in [6, 6.07) is 17.5. The van der Waals surface area contributed by atoms with Gasteiger partial charge in [0.15, 0.2) is 0 Å². The second-order valence-electron chi connectivity index (χ2n) is 6.72. The summed E-state index contributed by atoms with van der Waals surface area (Å²) >= 11 is 0.